The maximum atomic E-state index is 13.7. The molecule has 380 valence electrons. The van der Waals surface area contributed by atoms with Gasteiger partial charge in [-0.15, -0.1) is 23.5 Å². The molecule has 2 saturated carbocycles. The van der Waals surface area contributed by atoms with Crippen LogP contribution in [0.4, 0.5) is 31.5 Å². The lowest BCUT2D eigenvalue weighted by molar-refractivity contribution is -0.145. The molecule has 4 aromatic carbocycles. The lowest BCUT2D eigenvalue weighted by Gasteiger charge is -2.28. The number of carbonyl (C=O) groups is 2. The molecule has 2 aliphatic heterocycles. The largest absolute Gasteiger partial charge is 0.491 e. The van der Waals surface area contributed by atoms with Gasteiger partial charge in [-0.25, -0.2) is 35.1 Å². The number of carboxylic acids is 2. The van der Waals surface area contributed by atoms with Crippen molar-refractivity contribution >= 4 is 78.3 Å². The van der Waals surface area contributed by atoms with Crippen LogP contribution in [0.2, 0.25) is 0 Å². The molecule has 0 saturated heterocycles. The van der Waals surface area contributed by atoms with Crippen LogP contribution in [0.3, 0.4) is 0 Å². The molecule has 2 aliphatic carbocycles. The van der Waals surface area contributed by atoms with Crippen LogP contribution in [0.25, 0.3) is 0 Å². The Morgan fingerprint density at radius 1 is 0.629 bits per heavy atom. The van der Waals surface area contributed by atoms with E-state index in [9.17, 15) is 45.4 Å². The van der Waals surface area contributed by atoms with Gasteiger partial charge in [-0.1, -0.05) is 53.4 Å². The molecule has 4 N–H and O–H groups in total. The molecule has 0 aromatic heterocycles. The van der Waals surface area contributed by atoms with E-state index in [0.717, 1.165) is 47.0 Å². The number of benzene rings is 4. The minimum atomic E-state index is -3.89. The molecule has 0 bridgehead atoms. The van der Waals surface area contributed by atoms with E-state index in [4.69, 9.17) is 9.47 Å². The van der Waals surface area contributed by atoms with Crippen LogP contribution in [0.5, 0.6) is 11.5 Å². The normalized spacial score (nSPS) is 20.1. The van der Waals surface area contributed by atoms with Gasteiger partial charge < -0.3 is 29.5 Å². The standard InChI is InChI=1S/2C25H31FN2O5S2/c2*1-3-5-6-18-15-28(19-9-7-17(26)8-10-19)20-13-22(34-4-2)21(14-23(20)35(31,32)27-18)33-16-25(11-12-25)24(29)30/h2*7-10,13-14,18,27H,3-6,11-12,15-16H2,1-2H3,(H,29,30)/t2*18-/m10/s1. The summed E-state index contributed by atoms with van der Waals surface area (Å²) in [7, 11) is -7.77. The average Bonchev–Trinajstić information content (AvgIpc) is 4.27. The molecule has 4 aliphatic rings. The van der Waals surface area contributed by atoms with E-state index in [1.165, 1.54) is 59.9 Å². The molecule has 4 aromatic rings. The Morgan fingerprint density at radius 2 is 0.986 bits per heavy atom. The van der Waals surface area contributed by atoms with E-state index in [2.05, 4.69) is 23.3 Å². The first-order chi connectivity index (χ1) is 33.4. The summed E-state index contributed by atoms with van der Waals surface area (Å²) in [6, 6.07) is 18.0. The fraction of sp³-hybridized carbons (Fsp3) is 0.480. The number of ether oxygens (including phenoxy) is 2. The Kier molecular flexibility index (Phi) is 17.1. The fourth-order valence-corrected chi connectivity index (χ4v) is 12.9. The van der Waals surface area contributed by atoms with Crippen LogP contribution in [0, 0.1) is 22.5 Å². The summed E-state index contributed by atoms with van der Waals surface area (Å²) in [6.45, 7) is 8.86. The highest BCUT2D eigenvalue weighted by Gasteiger charge is 2.52. The molecule has 14 nitrogen and oxygen atoms in total. The second kappa shape index (κ2) is 22.4. The molecular weight excluding hydrogens is 983 g/mol. The summed E-state index contributed by atoms with van der Waals surface area (Å²) in [4.78, 5) is 28.7. The number of thioether (sulfide) groups is 2. The number of sulfonamides is 2. The minimum Gasteiger partial charge on any atom is -0.491 e. The van der Waals surface area contributed by atoms with E-state index in [-0.39, 0.29) is 46.7 Å². The second-order valence-electron chi connectivity index (χ2n) is 18.2. The molecule has 2 fully saturated rings. The van der Waals surface area contributed by atoms with Gasteiger partial charge in [0.15, 0.2) is 0 Å². The van der Waals surface area contributed by atoms with Gasteiger partial charge in [-0.05, 0) is 111 Å². The van der Waals surface area contributed by atoms with Crippen LogP contribution in [-0.4, -0.2) is 88.9 Å². The Balaban J connectivity index is 0.000000206. The molecule has 8 rings (SSSR count). The SMILES string of the molecule is CCCC[C@@H]1CN(c2ccc(F)cc2)c2cc(SCC)c(OCC3(C(=O)O)CC3)cc2S(=O)(=O)N1.CCCC[C@H]1CN(c2ccc(F)cc2)c2cc(SCC)c(OCC3(C(=O)O)CC3)cc2S(=O)(=O)N1. The predicted molar refractivity (Wildman–Crippen MR) is 269 cm³/mol. The number of nitrogens with one attached hydrogen (secondary N) is 2. The number of rotatable bonds is 20. The highest BCUT2D eigenvalue weighted by molar-refractivity contribution is 7.99. The number of hydrogen-bond acceptors (Lipinski definition) is 12. The zero-order valence-corrected chi connectivity index (χ0v) is 43.1. The van der Waals surface area contributed by atoms with Gasteiger partial charge in [0.25, 0.3) is 0 Å². The highest BCUT2D eigenvalue weighted by atomic mass is 32.2. The molecule has 0 radical (unpaired) electrons. The van der Waals surface area contributed by atoms with Crippen LogP contribution in [-0.2, 0) is 29.6 Å². The summed E-state index contributed by atoms with van der Waals surface area (Å²) in [6.07, 6.45) is 7.10. The number of fused-ring (bicyclic) bond motifs is 2. The van der Waals surface area contributed by atoms with Gasteiger partial charge >= 0.3 is 11.9 Å². The van der Waals surface area contributed by atoms with E-state index in [0.29, 0.717) is 85.9 Å². The van der Waals surface area contributed by atoms with E-state index < -0.39 is 42.8 Å². The molecule has 0 spiro atoms. The summed E-state index contributed by atoms with van der Waals surface area (Å²) in [5.41, 5.74) is 0.568. The number of hydrogen-bond donors (Lipinski definition) is 4. The third-order valence-corrected chi connectivity index (χ3v) is 17.9. The monoisotopic (exact) mass is 1040 g/mol. The van der Waals surface area contributed by atoms with Crippen molar-refractivity contribution in [3.63, 3.8) is 0 Å². The fourth-order valence-electron chi connectivity index (χ4n) is 8.46. The van der Waals surface area contributed by atoms with Gasteiger partial charge in [-0.3, -0.25) is 9.59 Å². The quantitative estimate of drug-likeness (QED) is 0.0611. The average molecular weight is 1050 g/mol. The number of aliphatic carboxylic acids is 2. The van der Waals surface area contributed by atoms with Crippen molar-refractivity contribution in [3.8, 4) is 11.5 Å². The first kappa shape index (κ1) is 53.2. The van der Waals surface area contributed by atoms with Crippen molar-refractivity contribution in [1.82, 2.24) is 9.44 Å². The Morgan fingerprint density at radius 3 is 1.29 bits per heavy atom. The van der Waals surface area contributed by atoms with Crippen molar-refractivity contribution in [3.05, 3.63) is 84.4 Å². The topological polar surface area (TPSA) is 192 Å². The lowest BCUT2D eigenvalue weighted by atomic mass is 10.1. The molecule has 20 heteroatoms. The maximum Gasteiger partial charge on any atom is 0.313 e. The van der Waals surface area contributed by atoms with Gasteiger partial charge in [0.05, 0.1) is 21.2 Å². The lowest BCUT2D eigenvalue weighted by Crippen LogP contribution is -2.39. The highest BCUT2D eigenvalue weighted by Crippen LogP contribution is 2.50. The molecular formula is C50H62F2N4O10S4. The second-order valence-corrected chi connectivity index (χ2v) is 24.2. The zero-order chi connectivity index (χ0) is 50.4. The van der Waals surface area contributed by atoms with Gasteiger partial charge in [-0.2, -0.15) is 0 Å². The molecule has 0 amide bonds. The Hall–Kier alpha value is -4.60. The number of nitrogens with zero attached hydrogens (tertiary/aromatic N) is 2. The Bertz CT molecular complexity index is 2550. The van der Waals surface area contributed by atoms with Crippen molar-refractivity contribution in [1.29, 1.82) is 0 Å². The summed E-state index contributed by atoms with van der Waals surface area (Å²) >= 11 is 3.00. The van der Waals surface area contributed by atoms with Crippen molar-refractivity contribution in [2.75, 3.05) is 47.6 Å². The van der Waals surface area contributed by atoms with Crippen LogP contribution < -0.4 is 28.7 Å². The molecule has 2 atom stereocenters. The minimum absolute atomic E-state index is 0.00727. The van der Waals surface area contributed by atoms with Crippen LogP contribution >= 0.6 is 23.5 Å². The van der Waals surface area contributed by atoms with Crippen molar-refractivity contribution in [2.24, 2.45) is 10.8 Å². The number of halogens is 2. The smallest absolute Gasteiger partial charge is 0.313 e. The molecule has 2 heterocycles. The van der Waals surface area contributed by atoms with Crippen molar-refractivity contribution in [2.45, 2.75) is 124 Å². The van der Waals surface area contributed by atoms with Gasteiger partial charge in [0, 0.05) is 48.7 Å². The third-order valence-electron chi connectivity index (χ3n) is 13.0. The summed E-state index contributed by atoms with van der Waals surface area (Å²) in [5, 5.41) is 19.0. The summed E-state index contributed by atoms with van der Waals surface area (Å²) in [5.74, 6) is -0.357. The zero-order valence-electron chi connectivity index (χ0n) is 39.8. The van der Waals surface area contributed by atoms with E-state index in [1.807, 2.05) is 23.6 Å². The first-order valence-corrected chi connectivity index (χ1v) is 28.8. The molecule has 70 heavy (non-hydrogen) atoms. The van der Waals surface area contributed by atoms with Crippen LogP contribution in [0.15, 0.2) is 92.4 Å². The first-order valence-electron chi connectivity index (χ1n) is 23.8. The maximum absolute atomic E-state index is 13.7. The van der Waals surface area contributed by atoms with Gasteiger partial charge in [0.1, 0.15) is 57.0 Å². The number of carboxylic acid groups (broad SMARTS) is 2. The number of anilines is 4. The Labute approximate surface area is 418 Å². The number of unbranched alkanes of at least 4 members (excludes halogenated alkanes) is 2. The molecule has 0 unspecified atom stereocenters. The van der Waals surface area contributed by atoms with E-state index in [1.54, 1.807) is 36.4 Å². The predicted octanol–water partition coefficient (Wildman–Crippen LogP) is 10.3. The summed E-state index contributed by atoms with van der Waals surface area (Å²) < 4.78 is 98.9. The van der Waals surface area contributed by atoms with Crippen molar-refractivity contribution < 1.29 is 54.9 Å². The van der Waals surface area contributed by atoms with E-state index >= 15 is 0 Å². The third kappa shape index (κ3) is 12.3. The van der Waals surface area contributed by atoms with Gasteiger partial charge in [0.2, 0.25) is 20.0 Å². The van der Waals surface area contributed by atoms with Crippen LogP contribution in [0.1, 0.15) is 91.9 Å².